The molecule has 132 valence electrons. The van der Waals surface area contributed by atoms with Crippen LogP contribution in [0.25, 0.3) is 10.9 Å². The van der Waals surface area contributed by atoms with Gasteiger partial charge in [0, 0.05) is 17.0 Å². The van der Waals surface area contributed by atoms with Crippen LogP contribution in [0.4, 0.5) is 5.69 Å². The van der Waals surface area contributed by atoms with Gasteiger partial charge < -0.3 is 10.1 Å². The molecule has 1 fully saturated rings. The number of ether oxygens (including phenoxy) is 1. The summed E-state index contributed by atoms with van der Waals surface area (Å²) in [6.07, 6.45) is 3.87. The first kappa shape index (κ1) is 18.5. The molecule has 1 aliphatic rings. The Kier molecular flexibility index (Phi) is 7.01. The van der Waals surface area contributed by atoms with Gasteiger partial charge in [0.05, 0.1) is 18.8 Å². The highest BCUT2D eigenvalue weighted by molar-refractivity contribution is 5.94. The summed E-state index contributed by atoms with van der Waals surface area (Å²) >= 11 is 0. The molecule has 3 aromatic rings. The van der Waals surface area contributed by atoms with Gasteiger partial charge in [-0.15, -0.1) is 0 Å². The lowest BCUT2D eigenvalue weighted by Crippen LogP contribution is -2.12. The summed E-state index contributed by atoms with van der Waals surface area (Å²) in [6.45, 7) is 4.00. The van der Waals surface area contributed by atoms with E-state index in [1.54, 1.807) is 7.11 Å². The molecular formula is C20H25N3O2. The second kappa shape index (κ2) is 9.47. The number of carbonyl (C=O) groups is 1. The summed E-state index contributed by atoms with van der Waals surface area (Å²) in [5.74, 6) is 1.18. The van der Waals surface area contributed by atoms with E-state index in [1.165, 1.54) is 0 Å². The van der Waals surface area contributed by atoms with E-state index in [0.717, 1.165) is 35.2 Å². The van der Waals surface area contributed by atoms with Crippen LogP contribution >= 0.6 is 0 Å². The van der Waals surface area contributed by atoms with Gasteiger partial charge in [-0.05, 0) is 43.2 Å². The minimum atomic E-state index is 0.134. The number of benzene rings is 2. The van der Waals surface area contributed by atoms with Crippen LogP contribution in [0.3, 0.4) is 0 Å². The molecule has 0 aliphatic heterocycles. The zero-order chi connectivity index (χ0) is 18.1. The summed E-state index contributed by atoms with van der Waals surface area (Å²) in [6, 6.07) is 15.4. The molecule has 25 heavy (non-hydrogen) atoms. The van der Waals surface area contributed by atoms with Crippen molar-refractivity contribution >= 4 is 22.5 Å². The van der Waals surface area contributed by atoms with Gasteiger partial charge in [0.15, 0.2) is 0 Å². The average molecular weight is 339 g/mol. The highest BCUT2D eigenvalue weighted by Crippen LogP contribution is 2.30. The van der Waals surface area contributed by atoms with Crippen LogP contribution in [0.2, 0.25) is 0 Å². The lowest BCUT2D eigenvalue weighted by molar-refractivity contribution is -0.117. The average Bonchev–Trinajstić information content (AvgIpc) is 3.42. The van der Waals surface area contributed by atoms with Crippen LogP contribution < -0.4 is 10.1 Å². The van der Waals surface area contributed by atoms with Gasteiger partial charge in [-0.25, -0.2) is 0 Å². The number of H-pyrrole nitrogens is 1. The van der Waals surface area contributed by atoms with Crippen molar-refractivity contribution in [2.45, 2.75) is 26.7 Å². The van der Waals surface area contributed by atoms with Crippen molar-refractivity contribution in [3.8, 4) is 5.75 Å². The van der Waals surface area contributed by atoms with E-state index >= 15 is 0 Å². The number of aromatic amines is 1. The minimum Gasteiger partial charge on any atom is -0.497 e. The first-order valence-corrected chi connectivity index (χ1v) is 8.59. The standard InChI is InChI=1S/C11H13NO2.C7H6N2.C2H6/c1-14-10-6-4-9(5-7-10)12-11(13)8-2-3-8;1-2-4-7-6(3-1)5-8-9-7;1-2/h4-8H,2-3H2,1H3,(H,12,13);1-5H,(H,8,9);1-2H3. The van der Waals surface area contributed by atoms with Crippen LogP contribution in [-0.4, -0.2) is 23.2 Å². The molecule has 0 spiro atoms. The molecule has 2 N–H and O–H groups in total. The van der Waals surface area contributed by atoms with Crippen LogP contribution in [0, 0.1) is 5.92 Å². The Bertz CT molecular complexity index is 747. The monoisotopic (exact) mass is 339 g/mol. The van der Waals surface area contributed by atoms with Crippen molar-refractivity contribution in [2.24, 2.45) is 5.92 Å². The smallest absolute Gasteiger partial charge is 0.227 e. The molecule has 4 rings (SSSR count). The van der Waals surface area contributed by atoms with Gasteiger partial charge in [-0.1, -0.05) is 32.0 Å². The molecule has 0 bridgehead atoms. The lowest BCUT2D eigenvalue weighted by atomic mass is 10.3. The Labute approximate surface area is 148 Å². The van der Waals surface area contributed by atoms with Crippen LogP contribution in [0.5, 0.6) is 5.75 Å². The maximum atomic E-state index is 11.4. The molecule has 1 amide bonds. The van der Waals surface area contributed by atoms with E-state index in [2.05, 4.69) is 15.5 Å². The lowest BCUT2D eigenvalue weighted by Gasteiger charge is -2.04. The van der Waals surface area contributed by atoms with E-state index in [9.17, 15) is 4.79 Å². The molecule has 2 aromatic carbocycles. The number of nitrogens with one attached hydrogen (secondary N) is 2. The fraction of sp³-hybridized carbons (Fsp3) is 0.300. The molecule has 1 heterocycles. The predicted molar refractivity (Wildman–Crippen MR) is 102 cm³/mol. The third kappa shape index (κ3) is 5.64. The van der Waals surface area contributed by atoms with Crippen molar-refractivity contribution in [1.29, 1.82) is 0 Å². The molecule has 1 aromatic heterocycles. The molecule has 5 heteroatoms. The Hall–Kier alpha value is -2.82. The minimum absolute atomic E-state index is 0.134. The van der Waals surface area contributed by atoms with Crippen LogP contribution in [-0.2, 0) is 4.79 Å². The van der Waals surface area contributed by atoms with Crippen molar-refractivity contribution in [3.05, 3.63) is 54.7 Å². The molecule has 0 radical (unpaired) electrons. The topological polar surface area (TPSA) is 67.0 Å². The van der Waals surface area contributed by atoms with E-state index in [4.69, 9.17) is 4.74 Å². The second-order valence-electron chi connectivity index (χ2n) is 5.45. The van der Waals surface area contributed by atoms with Crippen molar-refractivity contribution in [2.75, 3.05) is 12.4 Å². The Morgan fingerprint density at radius 3 is 2.40 bits per heavy atom. The predicted octanol–water partition coefficient (Wildman–Crippen LogP) is 4.63. The maximum absolute atomic E-state index is 11.4. The number of nitrogens with zero attached hydrogens (tertiary/aromatic N) is 1. The summed E-state index contributed by atoms with van der Waals surface area (Å²) in [5, 5.41) is 10.8. The van der Waals surface area contributed by atoms with Crippen LogP contribution in [0.15, 0.2) is 54.7 Å². The zero-order valence-corrected chi connectivity index (χ0v) is 15.0. The number of fused-ring (bicyclic) bond motifs is 1. The van der Waals surface area contributed by atoms with Gasteiger partial charge in [0.2, 0.25) is 5.91 Å². The number of carbonyl (C=O) groups excluding carboxylic acids is 1. The van der Waals surface area contributed by atoms with Gasteiger partial charge in [0.1, 0.15) is 5.75 Å². The van der Waals surface area contributed by atoms with E-state index in [-0.39, 0.29) is 11.8 Å². The number of hydrogen-bond acceptors (Lipinski definition) is 3. The third-order valence-corrected chi connectivity index (χ3v) is 3.66. The summed E-state index contributed by atoms with van der Waals surface area (Å²) in [7, 11) is 1.62. The normalized spacial score (nSPS) is 12.3. The molecule has 1 aliphatic carbocycles. The third-order valence-electron chi connectivity index (χ3n) is 3.66. The first-order valence-electron chi connectivity index (χ1n) is 8.59. The fourth-order valence-corrected chi connectivity index (χ4v) is 2.15. The van der Waals surface area contributed by atoms with E-state index < -0.39 is 0 Å². The molecule has 0 atom stereocenters. The summed E-state index contributed by atoms with van der Waals surface area (Å²) < 4.78 is 5.02. The highest BCUT2D eigenvalue weighted by atomic mass is 16.5. The van der Waals surface area contributed by atoms with Gasteiger partial charge in [0.25, 0.3) is 0 Å². The molecular weight excluding hydrogens is 314 g/mol. The molecule has 5 nitrogen and oxygen atoms in total. The quantitative estimate of drug-likeness (QED) is 0.731. The van der Waals surface area contributed by atoms with E-state index in [1.807, 2.05) is 68.6 Å². The molecule has 1 saturated carbocycles. The van der Waals surface area contributed by atoms with Gasteiger partial charge in [-0.2, -0.15) is 5.10 Å². The number of rotatable bonds is 3. The van der Waals surface area contributed by atoms with Crippen molar-refractivity contribution < 1.29 is 9.53 Å². The Balaban J connectivity index is 0.000000176. The van der Waals surface area contributed by atoms with Gasteiger partial charge in [-0.3, -0.25) is 9.89 Å². The Morgan fingerprint density at radius 1 is 1.12 bits per heavy atom. The zero-order valence-electron chi connectivity index (χ0n) is 15.0. The Morgan fingerprint density at radius 2 is 1.80 bits per heavy atom. The SMILES string of the molecule is CC.COc1ccc(NC(=O)C2CC2)cc1.c1ccc2[nH]ncc2c1. The summed E-state index contributed by atoms with van der Waals surface area (Å²) in [5.41, 5.74) is 1.93. The second-order valence-corrected chi connectivity index (χ2v) is 5.45. The van der Waals surface area contributed by atoms with Crippen molar-refractivity contribution in [3.63, 3.8) is 0 Å². The largest absolute Gasteiger partial charge is 0.497 e. The number of aromatic nitrogens is 2. The van der Waals surface area contributed by atoms with Gasteiger partial charge >= 0.3 is 0 Å². The van der Waals surface area contributed by atoms with Crippen LogP contribution in [0.1, 0.15) is 26.7 Å². The highest BCUT2D eigenvalue weighted by Gasteiger charge is 2.29. The number of methoxy groups -OCH3 is 1. The fourth-order valence-electron chi connectivity index (χ4n) is 2.15. The molecule has 0 saturated heterocycles. The van der Waals surface area contributed by atoms with E-state index in [0.29, 0.717) is 0 Å². The summed E-state index contributed by atoms with van der Waals surface area (Å²) in [4.78, 5) is 11.4. The first-order chi connectivity index (χ1) is 12.3. The molecule has 0 unspecified atom stereocenters. The number of amides is 1. The number of hydrogen-bond donors (Lipinski definition) is 2. The van der Waals surface area contributed by atoms with Crippen molar-refractivity contribution in [1.82, 2.24) is 10.2 Å². The number of para-hydroxylation sites is 1. The number of anilines is 1. The maximum Gasteiger partial charge on any atom is 0.227 e.